The number of hydrogen-bond acceptors (Lipinski definition) is 2. The Balaban J connectivity index is 1.19. The molecule has 5 nitrogen and oxygen atoms in total. The summed E-state index contributed by atoms with van der Waals surface area (Å²) in [4.78, 5) is 4.94. The van der Waals surface area contributed by atoms with E-state index in [4.69, 9.17) is 14.8 Å². The van der Waals surface area contributed by atoms with Gasteiger partial charge in [-0.15, -0.1) is 0 Å². The van der Waals surface area contributed by atoms with Crippen molar-refractivity contribution in [3.63, 3.8) is 0 Å². The van der Waals surface area contributed by atoms with Gasteiger partial charge < -0.3 is 4.42 Å². The predicted molar refractivity (Wildman–Crippen MR) is 203 cm³/mol. The molecule has 5 heteroatoms. The van der Waals surface area contributed by atoms with E-state index >= 15 is 0 Å². The summed E-state index contributed by atoms with van der Waals surface area (Å²) in [6.45, 7) is 0. The molecule has 9 rings (SSSR count). The molecule has 0 aliphatic rings. The topological polar surface area (TPSA) is 66.3 Å². The average molecular weight is 631 g/mol. The van der Waals surface area contributed by atoms with Crippen LogP contribution in [0.25, 0.3) is 66.0 Å². The smallest absolute Gasteiger partial charge is 0.154 e. The van der Waals surface area contributed by atoms with Crippen molar-refractivity contribution in [3.05, 3.63) is 181 Å². The van der Waals surface area contributed by atoms with E-state index in [1.165, 1.54) is 0 Å². The van der Waals surface area contributed by atoms with Crippen molar-refractivity contribution in [3.8, 4) is 22.3 Å². The molecule has 9 aromatic rings. The number of rotatable bonds is 5. The number of nitrogens with one attached hydrogen (secondary N) is 2. The molecule has 2 N–H and O–H groups in total. The van der Waals surface area contributed by atoms with Gasteiger partial charge in [-0.3, -0.25) is 15.5 Å². The lowest BCUT2D eigenvalue weighted by Crippen LogP contribution is -2.25. The maximum Gasteiger partial charge on any atom is 0.154 e. The number of benzene rings is 7. The van der Waals surface area contributed by atoms with Crippen LogP contribution < -0.4 is 5.43 Å². The minimum absolute atomic E-state index is 0.169. The molecule has 0 aliphatic carbocycles. The number of aliphatic imine (C=N–C) groups is 1. The number of fused-ring (bicyclic) bond motifs is 6. The summed E-state index contributed by atoms with van der Waals surface area (Å²) in [6, 6.07) is 57.7. The molecule has 0 saturated carbocycles. The van der Waals surface area contributed by atoms with E-state index in [1.54, 1.807) is 0 Å². The predicted octanol–water partition coefficient (Wildman–Crippen LogP) is 11.0. The Bertz CT molecular complexity index is 2700. The summed E-state index contributed by atoms with van der Waals surface area (Å²) >= 11 is 0. The van der Waals surface area contributed by atoms with Gasteiger partial charge in [0.25, 0.3) is 0 Å². The second-order valence-electron chi connectivity index (χ2n) is 12.1. The molecular formula is C44H30N4O. The second kappa shape index (κ2) is 11.8. The summed E-state index contributed by atoms with van der Waals surface area (Å²) < 4.78 is 8.51. The van der Waals surface area contributed by atoms with Crippen molar-refractivity contribution in [1.29, 1.82) is 5.41 Å². The minimum atomic E-state index is 0.169. The first-order valence-corrected chi connectivity index (χ1v) is 16.3. The fourth-order valence-corrected chi connectivity index (χ4v) is 6.74. The Morgan fingerprint density at radius 3 is 2.02 bits per heavy atom. The van der Waals surface area contributed by atoms with Crippen LogP contribution >= 0.6 is 0 Å². The molecule has 0 radical (unpaired) electrons. The van der Waals surface area contributed by atoms with Gasteiger partial charge in [-0.1, -0.05) is 146 Å². The highest BCUT2D eigenvalue weighted by atomic mass is 16.3. The molecule has 0 amide bonds. The first-order chi connectivity index (χ1) is 24.2. The van der Waals surface area contributed by atoms with Crippen molar-refractivity contribution >= 4 is 55.4 Å². The van der Waals surface area contributed by atoms with E-state index in [1.807, 2.05) is 91.0 Å². The van der Waals surface area contributed by atoms with Crippen LogP contribution in [-0.4, -0.2) is 16.3 Å². The summed E-state index contributed by atoms with van der Waals surface area (Å²) in [6.07, 6.45) is 0. The van der Waals surface area contributed by atoms with Gasteiger partial charge in [0.05, 0.1) is 11.0 Å². The Morgan fingerprint density at radius 2 is 1.16 bits per heavy atom. The molecule has 7 aromatic carbocycles. The molecule has 0 bridgehead atoms. The van der Waals surface area contributed by atoms with Crippen LogP contribution in [0.2, 0.25) is 0 Å². The fourth-order valence-electron chi connectivity index (χ4n) is 6.74. The molecule has 0 spiro atoms. The highest BCUT2D eigenvalue weighted by Crippen LogP contribution is 2.38. The normalized spacial score (nSPS) is 11.9. The van der Waals surface area contributed by atoms with Crippen LogP contribution in [0.1, 0.15) is 11.1 Å². The van der Waals surface area contributed by atoms with E-state index in [0.29, 0.717) is 5.84 Å². The third-order valence-corrected chi connectivity index (χ3v) is 9.12. The third-order valence-electron chi connectivity index (χ3n) is 9.12. The molecular weight excluding hydrogens is 601 g/mol. The molecule has 0 fully saturated rings. The van der Waals surface area contributed by atoms with Crippen LogP contribution in [-0.2, 0) is 0 Å². The number of para-hydroxylation sites is 3. The Hall–Kier alpha value is -6.72. The van der Waals surface area contributed by atoms with E-state index in [9.17, 15) is 0 Å². The van der Waals surface area contributed by atoms with Gasteiger partial charge >= 0.3 is 0 Å². The van der Waals surface area contributed by atoms with Gasteiger partial charge in [-0.05, 0) is 41.0 Å². The van der Waals surface area contributed by atoms with E-state index in [-0.39, 0.29) is 5.84 Å². The van der Waals surface area contributed by atoms with Crippen LogP contribution in [0.4, 0.5) is 0 Å². The number of aromatic nitrogens is 1. The summed E-state index contributed by atoms with van der Waals surface area (Å²) in [5.74, 6) is 0.741. The largest absolute Gasteiger partial charge is 0.455 e. The number of hydrogen-bond donors (Lipinski definition) is 2. The Kier molecular flexibility index (Phi) is 6.87. The van der Waals surface area contributed by atoms with Gasteiger partial charge in [-0.2, -0.15) is 0 Å². The monoisotopic (exact) mass is 630 g/mol. The van der Waals surface area contributed by atoms with E-state index < -0.39 is 0 Å². The van der Waals surface area contributed by atoms with Crippen LogP contribution in [0.3, 0.4) is 0 Å². The first kappa shape index (κ1) is 28.5. The van der Waals surface area contributed by atoms with Crippen molar-refractivity contribution in [2.45, 2.75) is 0 Å². The van der Waals surface area contributed by atoms with Crippen molar-refractivity contribution in [2.24, 2.45) is 4.99 Å². The van der Waals surface area contributed by atoms with Crippen molar-refractivity contribution < 1.29 is 4.42 Å². The fraction of sp³-hybridized carbons (Fsp3) is 0. The van der Waals surface area contributed by atoms with Gasteiger partial charge in [0.15, 0.2) is 11.7 Å². The third kappa shape index (κ3) is 5.05. The zero-order valence-electron chi connectivity index (χ0n) is 26.5. The molecule has 0 aliphatic heterocycles. The zero-order valence-corrected chi connectivity index (χ0v) is 26.5. The summed E-state index contributed by atoms with van der Waals surface area (Å²) in [5, 5.41) is 13.6. The number of nitrogens with zero attached hydrogens (tertiary/aromatic N) is 2. The average Bonchev–Trinajstić information content (AvgIpc) is 3.70. The summed E-state index contributed by atoms with van der Waals surface area (Å²) in [5.41, 5.74) is 13.2. The highest BCUT2D eigenvalue weighted by molar-refractivity contribution is 6.17. The lowest BCUT2D eigenvalue weighted by molar-refractivity contribution is 0.670. The molecule has 0 saturated heterocycles. The minimum Gasteiger partial charge on any atom is -0.455 e. The van der Waals surface area contributed by atoms with Crippen LogP contribution in [0.5, 0.6) is 0 Å². The molecule has 0 atom stereocenters. The molecule has 0 unspecified atom stereocenters. The van der Waals surface area contributed by atoms with Crippen molar-refractivity contribution in [2.75, 3.05) is 5.43 Å². The highest BCUT2D eigenvalue weighted by Gasteiger charge is 2.17. The van der Waals surface area contributed by atoms with Crippen molar-refractivity contribution in [1.82, 2.24) is 4.68 Å². The standard InChI is InChI=1S/C44H30N4O/c45-43(33-18-11-17-31(27-33)29-13-3-1-4-14-29)46-44(30-15-5-2-6-16-30)47-48-39-23-9-7-19-35(39)36-26-25-32(28-40(36)48)34-21-12-22-38-37-20-8-10-24-41(37)49-42(34)38/h1-28H,(H2,45,46,47). The van der Waals surface area contributed by atoms with Gasteiger partial charge in [-0.25, -0.2) is 4.99 Å². The quantitative estimate of drug-likeness (QED) is 0.147. The van der Waals surface area contributed by atoms with Gasteiger partial charge in [0, 0.05) is 38.2 Å². The van der Waals surface area contributed by atoms with Crippen LogP contribution in [0.15, 0.2) is 179 Å². The van der Waals surface area contributed by atoms with E-state index in [0.717, 1.165) is 77.1 Å². The molecule has 49 heavy (non-hydrogen) atoms. The number of furan rings is 1. The number of amidine groups is 2. The summed E-state index contributed by atoms with van der Waals surface area (Å²) in [7, 11) is 0. The van der Waals surface area contributed by atoms with Crippen LogP contribution in [0, 0.1) is 5.41 Å². The lowest BCUT2D eigenvalue weighted by Gasteiger charge is -2.15. The van der Waals surface area contributed by atoms with Gasteiger partial charge in [0.2, 0.25) is 0 Å². The maximum absolute atomic E-state index is 9.15. The maximum atomic E-state index is 9.15. The second-order valence-corrected chi connectivity index (χ2v) is 12.1. The zero-order chi connectivity index (χ0) is 32.7. The first-order valence-electron chi connectivity index (χ1n) is 16.3. The molecule has 232 valence electrons. The molecule has 2 heterocycles. The Labute approximate surface area is 282 Å². The van der Waals surface area contributed by atoms with Gasteiger partial charge in [0.1, 0.15) is 11.2 Å². The molecule has 2 aromatic heterocycles. The Morgan fingerprint density at radius 1 is 0.510 bits per heavy atom. The SMILES string of the molecule is N=C(N=C(Nn1c2ccccc2c2ccc(-c3cccc4c3oc3ccccc34)cc21)c1ccccc1)c1cccc(-c2ccccc2)c1. The lowest BCUT2D eigenvalue weighted by atomic mass is 10.0. The van der Waals surface area contributed by atoms with E-state index in [2.05, 4.69) is 89.0 Å².